The molecule has 0 bridgehead atoms. The molecule has 0 aromatic heterocycles. The van der Waals surface area contributed by atoms with E-state index in [2.05, 4.69) is 13.2 Å². The van der Waals surface area contributed by atoms with Gasteiger partial charge in [-0.1, -0.05) is 12.8 Å². The van der Waals surface area contributed by atoms with Crippen LogP contribution in [0.15, 0.2) is 0 Å². The van der Waals surface area contributed by atoms with Gasteiger partial charge in [-0.2, -0.15) is 11.8 Å². The van der Waals surface area contributed by atoms with Gasteiger partial charge < -0.3 is 5.73 Å². The largest absolute Gasteiger partial charge is 0.326 e. The first-order valence-electron chi connectivity index (χ1n) is 4.00. The number of thioether (sulfide) groups is 1. The number of rotatable bonds is 1. The van der Waals surface area contributed by atoms with Crippen molar-refractivity contribution >= 4 is 11.8 Å². The summed E-state index contributed by atoms with van der Waals surface area (Å²) in [5.41, 5.74) is 6.00. The molecule has 60 valence electrons. The molecule has 1 fully saturated rings. The Hall–Kier alpha value is 0.310. The van der Waals surface area contributed by atoms with Crippen LogP contribution in [0.25, 0.3) is 0 Å². The van der Waals surface area contributed by atoms with Crippen LogP contribution in [0.1, 0.15) is 32.6 Å². The maximum absolute atomic E-state index is 6.00. The van der Waals surface area contributed by atoms with Crippen LogP contribution >= 0.6 is 11.8 Å². The van der Waals surface area contributed by atoms with Gasteiger partial charge in [-0.05, 0) is 26.0 Å². The molecule has 2 N–H and O–H groups in total. The molecule has 10 heavy (non-hydrogen) atoms. The van der Waals surface area contributed by atoms with Crippen LogP contribution in [0.2, 0.25) is 0 Å². The highest BCUT2D eigenvalue weighted by Gasteiger charge is 2.32. The normalized spacial score (nSPS) is 41.7. The molecule has 0 aromatic carbocycles. The van der Waals surface area contributed by atoms with Gasteiger partial charge in [0.15, 0.2) is 0 Å². The number of hydrogen-bond acceptors (Lipinski definition) is 2. The second-order valence-corrected chi connectivity index (χ2v) is 4.71. The summed E-state index contributed by atoms with van der Waals surface area (Å²) >= 11 is 1.93. The minimum absolute atomic E-state index is 0.373. The lowest BCUT2D eigenvalue weighted by Crippen LogP contribution is -2.45. The van der Waals surface area contributed by atoms with Gasteiger partial charge in [0.1, 0.15) is 0 Å². The zero-order chi connectivity index (χ0) is 7.61. The summed E-state index contributed by atoms with van der Waals surface area (Å²) < 4.78 is 0.373. The highest BCUT2D eigenvalue weighted by molar-refractivity contribution is 8.00. The Morgan fingerprint density at radius 2 is 2.20 bits per heavy atom. The maximum atomic E-state index is 6.00. The van der Waals surface area contributed by atoms with Gasteiger partial charge in [-0.3, -0.25) is 0 Å². The van der Waals surface area contributed by atoms with E-state index in [-0.39, 0.29) is 0 Å². The van der Waals surface area contributed by atoms with E-state index in [4.69, 9.17) is 5.73 Å². The average molecular weight is 159 g/mol. The Kier molecular flexibility index (Phi) is 2.64. The molecule has 0 aromatic rings. The minimum Gasteiger partial charge on any atom is -0.326 e. The molecule has 2 atom stereocenters. The zero-order valence-electron chi connectivity index (χ0n) is 6.89. The van der Waals surface area contributed by atoms with E-state index in [0.717, 1.165) is 0 Å². The van der Waals surface area contributed by atoms with Crippen LogP contribution in [0, 0.1) is 0 Å². The Morgan fingerprint density at radius 1 is 1.50 bits per heavy atom. The third-order valence-corrected chi connectivity index (χ3v) is 4.13. The molecule has 2 unspecified atom stereocenters. The van der Waals surface area contributed by atoms with Crippen molar-refractivity contribution in [2.24, 2.45) is 5.73 Å². The van der Waals surface area contributed by atoms with Gasteiger partial charge in [-0.15, -0.1) is 0 Å². The van der Waals surface area contributed by atoms with Crippen molar-refractivity contribution in [2.75, 3.05) is 6.26 Å². The van der Waals surface area contributed by atoms with E-state index in [9.17, 15) is 0 Å². The molecule has 0 aliphatic heterocycles. The first-order chi connectivity index (χ1) is 4.69. The molecule has 1 aliphatic carbocycles. The lowest BCUT2D eigenvalue weighted by Gasteiger charge is -2.37. The van der Waals surface area contributed by atoms with E-state index in [1.807, 2.05) is 11.8 Å². The predicted molar refractivity (Wildman–Crippen MR) is 48.4 cm³/mol. The smallest absolute Gasteiger partial charge is 0.0280 e. The lowest BCUT2D eigenvalue weighted by molar-refractivity contribution is 0.366. The molecule has 2 heteroatoms. The summed E-state index contributed by atoms with van der Waals surface area (Å²) in [5, 5.41) is 0. The van der Waals surface area contributed by atoms with Gasteiger partial charge in [0, 0.05) is 10.8 Å². The van der Waals surface area contributed by atoms with Gasteiger partial charge in [0.2, 0.25) is 0 Å². The SMILES string of the molecule is CSC1(C)CCCCC1N. The second kappa shape index (κ2) is 3.14. The van der Waals surface area contributed by atoms with E-state index in [1.165, 1.54) is 25.7 Å². The summed E-state index contributed by atoms with van der Waals surface area (Å²) in [5.74, 6) is 0. The molecule has 1 nitrogen and oxygen atoms in total. The molecule has 0 saturated heterocycles. The van der Waals surface area contributed by atoms with Crippen molar-refractivity contribution in [1.82, 2.24) is 0 Å². The molecule has 0 heterocycles. The van der Waals surface area contributed by atoms with Crippen LogP contribution in [0.5, 0.6) is 0 Å². The van der Waals surface area contributed by atoms with Crippen molar-refractivity contribution in [3.8, 4) is 0 Å². The second-order valence-electron chi connectivity index (χ2n) is 3.37. The zero-order valence-corrected chi connectivity index (χ0v) is 7.71. The average Bonchev–Trinajstić information content (AvgIpc) is 1.96. The molecule has 0 amide bonds. The first kappa shape index (κ1) is 8.41. The Labute approximate surface area is 67.8 Å². The Morgan fingerprint density at radius 3 is 2.60 bits per heavy atom. The maximum Gasteiger partial charge on any atom is 0.0280 e. The number of hydrogen-bond donors (Lipinski definition) is 1. The summed E-state index contributed by atoms with van der Waals surface area (Å²) in [7, 11) is 0. The van der Waals surface area contributed by atoms with Crippen LogP contribution < -0.4 is 5.73 Å². The van der Waals surface area contributed by atoms with Gasteiger partial charge in [0.05, 0.1) is 0 Å². The van der Waals surface area contributed by atoms with E-state index in [0.29, 0.717) is 10.8 Å². The highest BCUT2D eigenvalue weighted by atomic mass is 32.2. The van der Waals surface area contributed by atoms with Crippen LogP contribution in [-0.2, 0) is 0 Å². The van der Waals surface area contributed by atoms with Crippen LogP contribution in [0.3, 0.4) is 0 Å². The van der Waals surface area contributed by atoms with Crippen molar-refractivity contribution in [1.29, 1.82) is 0 Å². The molecule has 1 saturated carbocycles. The summed E-state index contributed by atoms with van der Waals surface area (Å²) in [6.45, 7) is 2.29. The van der Waals surface area contributed by atoms with Crippen molar-refractivity contribution < 1.29 is 0 Å². The van der Waals surface area contributed by atoms with Crippen molar-refractivity contribution in [3.63, 3.8) is 0 Å². The molecule has 1 rings (SSSR count). The topological polar surface area (TPSA) is 26.0 Å². The minimum atomic E-state index is 0.373. The van der Waals surface area contributed by atoms with E-state index >= 15 is 0 Å². The summed E-state index contributed by atoms with van der Waals surface area (Å²) in [6, 6.07) is 0.427. The molecule has 1 aliphatic rings. The van der Waals surface area contributed by atoms with Crippen molar-refractivity contribution in [2.45, 2.75) is 43.4 Å². The van der Waals surface area contributed by atoms with Gasteiger partial charge in [-0.25, -0.2) is 0 Å². The highest BCUT2D eigenvalue weighted by Crippen LogP contribution is 2.36. The quantitative estimate of drug-likeness (QED) is 0.633. The standard InChI is InChI=1S/C8H17NS/c1-8(10-2)6-4-3-5-7(8)9/h7H,3-6,9H2,1-2H3. The van der Waals surface area contributed by atoms with E-state index < -0.39 is 0 Å². The molecule has 0 spiro atoms. The fourth-order valence-electron chi connectivity index (χ4n) is 1.58. The lowest BCUT2D eigenvalue weighted by atomic mass is 9.86. The van der Waals surface area contributed by atoms with Crippen LogP contribution in [0.4, 0.5) is 0 Å². The van der Waals surface area contributed by atoms with Crippen molar-refractivity contribution in [3.05, 3.63) is 0 Å². The van der Waals surface area contributed by atoms with E-state index in [1.54, 1.807) is 0 Å². The van der Waals surface area contributed by atoms with Crippen LogP contribution in [-0.4, -0.2) is 17.0 Å². The molecular formula is C8H17NS. The first-order valence-corrected chi connectivity index (χ1v) is 5.22. The Bertz CT molecular complexity index is 116. The fraction of sp³-hybridized carbons (Fsp3) is 1.00. The predicted octanol–water partition coefficient (Wildman–Crippen LogP) is 2.01. The Balaban J connectivity index is 2.54. The van der Waals surface area contributed by atoms with Gasteiger partial charge >= 0.3 is 0 Å². The van der Waals surface area contributed by atoms with Gasteiger partial charge in [0.25, 0.3) is 0 Å². The summed E-state index contributed by atoms with van der Waals surface area (Å²) in [6.07, 6.45) is 7.39. The fourth-order valence-corrected chi connectivity index (χ4v) is 2.35. The third kappa shape index (κ3) is 1.48. The number of nitrogens with two attached hydrogens (primary N) is 1. The molecule has 0 radical (unpaired) electrons. The third-order valence-electron chi connectivity index (χ3n) is 2.69. The summed E-state index contributed by atoms with van der Waals surface area (Å²) in [4.78, 5) is 0. The monoisotopic (exact) mass is 159 g/mol. The molecular weight excluding hydrogens is 142 g/mol.